The lowest BCUT2D eigenvalue weighted by molar-refractivity contribution is 0.291. The molecule has 21 heavy (non-hydrogen) atoms. The first-order valence-corrected chi connectivity index (χ1v) is 8.03. The number of piperidine rings is 1. The van der Waals surface area contributed by atoms with Gasteiger partial charge in [0.1, 0.15) is 5.54 Å². The van der Waals surface area contributed by atoms with E-state index in [1.807, 2.05) is 0 Å². The zero-order valence-electron chi connectivity index (χ0n) is 12.5. The van der Waals surface area contributed by atoms with Crippen LogP contribution in [0.2, 0.25) is 0 Å². The number of aliphatic imine (C=N–C) groups is 2. The maximum Gasteiger partial charge on any atom is 0.197 e. The minimum atomic E-state index is 0.0158. The van der Waals surface area contributed by atoms with Gasteiger partial charge < -0.3 is 9.80 Å². The number of fused-ring (bicyclic) bond motifs is 6. The molecule has 2 saturated heterocycles. The van der Waals surface area contributed by atoms with Gasteiger partial charge in [-0.3, -0.25) is 9.98 Å². The summed E-state index contributed by atoms with van der Waals surface area (Å²) in [5.74, 6) is 1.22. The molecule has 0 amide bonds. The molecule has 1 unspecified atom stereocenters. The number of rotatable bonds is 0. The average molecular weight is 280 g/mol. The van der Waals surface area contributed by atoms with E-state index in [2.05, 4.69) is 35.0 Å². The third-order valence-electron chi connectivity index (χ3n) is 5.46. The first-order valence-electron chi connectivity index (χ1n) is 8.03. The normalized spacial score (nSPS) is 33.1. The van der Waals surface area contributed by atoms with E-state index < -0.39 is 0 Å². The second-order valence-corrected chi connectivity index (χ2v) is 6.73. The third-order valence-corrected chi connectivity index (χ3v) is 5.46. The number of hydrogen-bond acceptors (Lipinski definition) is 4. The van der Waals surface area contributed by atoms with Crippen LogP contribution >= 0.6 is 0 Å². The second-order valence-electron chi connectivity index (χ2n) is 6.73. The monoisotopic (exact) mass is 280 g/mol. The molecule has 0 saturated carbocycles. The molecule has 4 heterocycles. The van der Waals surface area contributed by atoms with Crippen LogP contribution in [0.1, 0.15) is 26.2 Å². The fourth-order valence-electron chi connectivity index (χ4n) is 4.48. The van der Waals surface area contributed by atoms with Gasteiger partial charge in [0, 0.05) is 26.2 Å². The molecule has 0 radical (unpaired) electrons. The summed E-state index contributed by atoms with van der Waals surface area (Å²) in [7, 11) is 0. The Kier molecular flexibility index (Phi) is 2.17. The van der Waals surface area contributed by atoms with Gasteiger partial charge in [-0.05, 0) is 43.4 Å². The first kappa shape index (κ1) is 11.8. The van der Waals surface area contributed by atoms with Gasteiger partial charge in [0.2, 0.25) is 0 Å². The van der Waals surface area contributed by atoms with Crippen LogP contribution in [-0.4, -0.2) is 53.2 Å². The molecule has 0 aromatic carbocycles. The molecule has 4 aliphatic heterocycles. The Morgan fingerprint density at radius 3 is 3.14 bits per heavy atom. The van der Waals surface area contributed by atoms with Gasteiger partial charge in [-0.1, -0.05) is 12.2 Å². The van der Waals surface area contributed by atoms with Gasteiger partial charge in [-0.2, -0.15) is 0 Å². The highest BCUT2D eigenvalue weighted by Crippen LogP contribution is 2.44. The smallest absolute Gasteiger partial charge is 0.197 e. The van der Waals surface area contributed by atoms with E-state index in [1.165, 1.54) is 34.9 Å². The molecule has 4 nitrogen and oxygen atoms in total. The number of hydrogen-bond donors (Lipinski definition) is 0. The van der Waals surface area contributed by atoms with Crippen LogP contribution in [0.5, 0.6) is 0 Å². The number of guanidine groups is 1. The van der Waals surface area contributed by atoms with Gasteiger partial charge >= 0.3 is 0 Å². The molecule has 0 spiro atoms. The maximum absolute atomic E-state index is 5.03. The van der Waals surface area contributed by atoms with Crippen molar-refractivity contribution in [1.82, 2.24) is 9.80 Å². The Labute approximate surface area is 125 Å². The highest BCUT2D eigenvalue weighted by atomic mass is 15.5. The van der Waals surface area contributed by atoms with E-state index in [-0.39, 0.29) is 5.54 Å². The van der Waals surface area contributed by atoms with E-state index in [9.17, 15) is 0 Å². The van der Waals surface area contributed by atoms with Crippen molar-refractivity contribution in [2.75, 3.05) is 26.2 Å². The van der Waals surface area contributed by atoms with Crippen LogP contribution in [0, 0.1) is 0 Å². The molecule has 2 fully saturated rings. The molecule has 0 bridgehead atoms. The lowest BCUT2D eigenvalue weighted by atomic mass is 9.82. The van der Waals surface area contributed by atoms with Crippen LogP contribution in [0.15, 0.2) is 45.1 Å². The molecule has 4 heteroatoms. The van der Waals surface area contributed by atoms with Gasteiger partial charge in [0.15, 0.2) is 5.96 Å². The van der Waals surface area contributed by atoms with Crippen LogP contribution in [-0.2, 0) is 0 Å². The zero-order valence-corrected chi connectivity index (χ0v) is 12.5. The summed E-state index contributed by atoms with van der Waals surface area (Å²) < 4.78 is 0. The molecule has 1 aliphatic carbocycles. The number of allylic oxidation sites excluding steroid dienone is 4. The molecule has 5 aliphatic rings. The molecular weight excluding hydrogens is 260 g/mol. The van der Waals surface area contributed by atoms with Crippen molar-refractivity contribution in [3.05, 3.63) is 35.1 Å². The Morgan fingerprint density at radius 1 is 1.24 bits per heavy atom. The van der Waals surface area contributed by atoms with Crippen LogP contribution < -0.4 is 0 Å². The van der Waals surface area contributed by atoms with Crippen LogP contribution in [0.25, 0.3) is 0 Å². The van der Waals surface area contributed by atoms with Gasteiger partial charge in [0.05, 0.1) is 11.4 Å². The van der Waals surface area contributed by atoms with Crippen molar-refractivity contribution in [2.45, 2.75) is 31.7 Å². The third kappa shape index (κ3) is 1.40. The summed E-state index contributed by atoms with van der Waals surface area (Å²) >= 11 is 0. The summed E-state index contributed by atoms with van der Waals surface area (Å²) in [5.41, 5.74) is 5.53. The zero-order chi connectivity index (χ0) is 14.0. The van der Waals surface area contributed by atoms with Gasteiger partial charge in [0.25, 0.3) is 0 Å². The Balaban J connectivity index is 1.63. The predicted octanol–water partition coefficient (Wildman–Crippen LogP) is 2.12. The topological polar surface area (TPSA) is 31.2 Å². The average Bonchev–Trinajstić information content (AvgIpc) is 3.02. The minimum Gasteiger partial charge on any atom is -0.340 e. The fraction of sp³-hybridized carbons (Fsp3) is 0.529. The van der Waals surface area contributed by atoms with Crippen molar-refractivity contribution in [2.24, 2.45) is 9.98 Å². The van der Waals surface area contributed by atoms with E-state index in [0.29, 0.717) is 0 Å². The fourth-order valence-corrected chi connectivity index (χ4v) is 4.48. The standard InChI is InChI=1S/C17H20N4/c1-17-11-20-9-4-8-18-16(20)21(17)10-7-13-12-5-2-3-6-14(12)19-15(13)17/h2-3,6H,4-5,7-11H2,1H3. The Bertz CT molecular complexity index is 679. The van der Waals surface area contributed by atoms with Crippen molar-refractivity contribution in [3.8, 4) is 0 Å². The van der Waals surface area contributed by atoms with Crippen LogP contribution in [0.4, 0.5) is 0 Å². The van der Waals surface area contributed by atoms with Crippen LogP contribution in [0.3, 0.4) is 0 Å². The Hall–Kier alpha value is -1.84. The summed E-state index contributed by atoms with van der Waals surface area (Å²) in [6.07, 6.45) is 9.91. The summed E-state index contributed by atoms with van der Waals surface area (Å²) in [4.78, 5) is 14.8. The van der Waals surface area contributed by atoms with E-state index in [4.69, 9.17) is 9.98 Å². The largest absolute Gasteiger partial charge is 0.340 e. The summed E-state index contributed by atoms with van der Waals surface area (Å²) in [6.45, 7) is 6.61. The highest BCUT2D eigenvalue weighted by molar-refractivity contribution is 6.14. The molecule has 0 N–H and O–H groups in total. The van der Waals surface area contributed by atoms with Gasteiger partial charge in [-0.15, -0.1) is 0 Å². The van der Waals surface area contributed by atoms with Crippen molar-refractivity contribution < 1.29 is 0 Å². The van der Waals surface area contributed by atoms with Gasteiger partial charge in [-0.25, -0.2) is 0 Å². The predicted molar refractivity (Wildman–Crippen MR) is 84.5 cm³/mol. The lowest BCUT2D eigenvalue weighted by Gasteiger charge is -2.40. The summed E-state index contributed by atoms with van der Waals surface area (Å²) in [6, 6.07) is 0. The van der Waals surface area contributed by atoms with E-state index in [0.717, 1.165) is 39.0 Å². The molecular formula is C17H20N4. The quantitative estimate of drug-likeness (QED) is 0.680. The Morgan fingerprint density at radius 2 is 2.19 bits per heavy atom. The number of nitrogens with zero attached hydrogens (tertiary/aromatic N) is 4. The molecule has 0 aromatic rings. The van der Waals surface area contributed by atoms with Crippen molar-refractivity contribution in [1.29, 1.82) is 0 Å². The van der Waals surface area contributed by atoms with Crippen molar-refractivity contribution >= 4 is 11.7 Å². The lowest BCUT2D eigenvalue weighted by Crippen LogP contribution is -2.55. The molecule has 108 valence electrons. The second kappa shape index (κ2) is 3.87. The molecule has 0 aromatic heterocycles. The molecule has 5 rings (SSSR count). The highest BCUT2D eigenvalue weighted by Gasteiger charge is 2.53. The summed E-state index contributed by atoms with van der Waals surface area (Å²) in [5, 5.41) is 0. The maximum atomic E-state index is 5.03. The SMILES string of the molecule is CC12CN3CCCN=C3N1CCC1=C3CC=CC=C3N=C12. The van der Waals surface area contributed by atoms with E-state index in [1.54, 1.807) is 0 Å². The minimum absolute atomic E-state index is 0.0158. The first-order chi connectivity index (χ1) is 10.3. The molecule has 1 atom stereocenters. The van der Waals surface area contributed by atoms with E-state index >= 15 is 0 Å². The van der Waals surface area contributed by atoms with Crippen molar-refractivity contribution in [3.63, 3.8) is 0 Å².